The van der Waals surface area contributed by atoms with Crippen LogP contribution in [0.15, 0.2) is 64.3 Å². The number of nitrogens with one attached hydrogen (secondary N) is 2. The fourth-order valence-corrected chi connectivity index (χ4v) is 2.83. The summed E-state index contributed by atoms with van der Waals surface area (Å²) in [6.07, 6.45) is 4.40. The Labute approximate surface area is 188 Å². The van der Waals surface area contributed by atoms with Crippen LogP contribution in [0.5, 0.6) is 0 Å². The molecule has 0 amide bonds. The van der Waals surface area contributed by atoms with E-state index in [1.54, 1.807) is 13.3 Å². The number of benzene rings is 1. The topological polar surface area (TPSA) is 78.7 Å². The van der Waals surface area contributed by atoms with Crippen LogP contribution in [-0.4, -0.2) is 48.1 Å². The first-order chi connectivity index (χ1) is 13.8. The Kier molecular flexibility index (Phi) is 9.72. The molecule has 0 aliphatic rings. The van der Waals surface area contributed by atoms with Gasteiger partial charge in [-0.15, -0.1) is 24.0 Å². The van der Waals surface area contributed by atoms with Crippen molar-refractivity contribution in [3.63, 3.8) is 0 Å². The van der Waals surface area contributed by atoms with E-state index in [0.717, 1.165) is 41.8 Å². The molecule has 3 aromatic rings. The van der Waals surface area contributed by atoms with Gasteiger partial charge in [0, 0.05) is 27.2 Å². The second kappa shape index (κ2) is 12.3. The highest BCUT2D eigenvalue weighted by Crippen LogP contribution is 2.16. The molecule has 3 rings (SSSR count). The summed E-state index contributed by atoms with van der Waals surface area (Å²) in [5, 5.41) is 3.35. The molecule has 0 fully saturated rings. The SMILES string of the molecule is CN=C(NCCCOCc1ccco1)N(C)Cc1ncc(-c2ccccc2)[nH]1.I. The Morgan fingerprint density at radius 1 is 1.24 bits per heavy atom. The van der Waals surface area contributed by atoms with Gasteiger partial charge in [0.05, 0.1) is 24.7 Å². The van der Waals surface area contributed by atoms with Crippen molar-refractivity contribution in [2.24, 2.45) is 4.99 Å². The third-order valence-corrected chi connectivity index (χ3v) is 4.25. The van der Waals surface area contributed by atoms with E-state index in [1.165, 1.54) is 0 Å². The van der Waals surface area contributed by atoms with Gasteiger partial charge in [0.25, 0.3) is 0 Å². The molecular formula is C21H28IN5O2. The highest BCUT2D eigenvalue weighted by atomic mass is 127. The molecule has 0 aliphatic heterocycles. The molecule has 8 heteroatoms. The van der Waals surface area contributed by atoms with Gasteiger partial charge in [-0.3, -0.25) is 4.99 Å². The van der Waals surface area contributed by atoms with Gasteiger partial charge in [0.1, 0.15) is 18.2 Å². The number of imidazole rings is 1. The summed E-state index contributed by atoms with van der Waals surface area (Å²) in [5.74, 6) is 2.56. The maximum absolute atomic E-state index is 5.59. The average Bonchev–Trinajstić information content (AvgIpc) is 3.40. The molecule has 1 aromatic carbocycles. The van der Waals surface area contributed by atoms with E-state index >= 15 is 0 Å². The van der Waals surface area contributed by atoms with Crippen molar-refractivity contribution in [1.29, 1.82) is 0 Å². The number of ether oxygens (including phenoxy) is 1. The molecule has 156 valence electrons. The number of aliphatic imine (C=N–C) groups is 1. The van der Waals surface area contributed by atoms with Crippen LogP contribution in [0.4, 0.5) is 0 Å². The fraction of sp³-hybridized carbons (Fsp3) is 0.333. The van der Waals surface area contributed by atoms with E-state index in [2.05, 4.69) is 32.4 Å². The number of aromatic nitrogens is 2. The Morgan fingerprint density at radius 2 is 2.07 bits per heavy atom. The third kappa shape index (κ3) is 7.21. The molecular weight excluding hydrogens is 481 g/mol. The molecule has 0 radical (unpaired) electrons. The number of hydrogen-bond acceptors (Lipinski definition) is 4. The van der Waals surface area contributed by atoms with E-state index in [-0.39, 0.29) is 24.0 Å². The van der Waals surface area contributed by atoms with Gasteiger partial charge >= 0.3 is 0 Å². The highest BCUT2D eigenvalue weighted by molar-refractivity contribution is 14.0. The molecule has 0 saturated heterocycles. The number of furan rings is 1. The zero-order valence-electron chi connectivity index (χ0n) is 16.8. The minimum Gasteiger partial charge on any atom is -0.467 e. The number of guanidine groups is 1. The van der Waals surface area contributed by atoms with Gasteiger partial charge in [-0.05, 0) is 24.1 Å². The lowest BCUT2D eigenvalue weighted by atomic mass is 10.2. The first kappa shape index (κ1) is 23.0. The summed E-state index contributed by atoms with van der Waals surface area (Å²) in [5.41, 5.74) is 2.14. The van der Waals surface area contributed by atoms with Gasteiger partial charge in [0.15, 0.2) is 5.96 Å². The molecule has 0 unspecified atom stereocenters. The van der Waals surface area contributed by atoms with Crippen LogP contribution < -0.4 is 5.32 Å². The lowest BCUT2D eigenvalue weighted by Gasteiger charge is -2.21. The summed E-state index contributed by atoms with van der Waals surface area (Å²) in [7, 11) is 3.78. The smallest absolute Gasteiger partial charge is 0.193 e. The Balaban J connectivity index is 0.00000300. The van der Waals surface area contributed by atoms with Crippen LogP contribution in [0, 0.1) is 0 Å². The van der Waals surface area contributed by atoms with Gasteiger partial charge in [0.2, 0.25) is 0 Å². The molecule has 0 saturated carbocycles. The zero-order valence-corrected chi connectivity index (χ0v) is 19.1. The van der Waals surface area contributed by atoms with Gasteiger partial charge in [-0.1, -0.05) is 30.3 Å². The van der Waals surface area contributed by atoms with Crippen LogP contribution in [0.25, 0.3) is 11.3 Å². The number of nitrogens with zero attached hydrogens (tertiary/aromatic N) is 3. The monoisotopic (exact) mass is 509 g/mol. The number of aromatic amines is 1. The molecule has 0 aliphatic carbocycles. The highest BCUT2D eigenvalue weighted by Gasteiger charge is 2.09. The predicted octanol–water partition coefficient (Wildman–Crippen LogP) is 3.90. The molecule has 0 spiro atoms. The molecule has 2 aromatic heterocycles. The largest absolute Gasteiger partial charge is 0.467 e. The average molecular weight is 509 g/mol. The number of hydrogen-bond donors (Lipinski definition) is 2. The van der Waals surface area contributed by atoms with Gasteiger partial charge < -0.3 is 24.4 Å². The lowest BCUT2D eigenvalue weighted by molar-refractivity contribution is 0.104. The third-order valence-electron chi connectivity index (χ3n) is 4.25. The van der Waals surface area contributed by atoms with Crippen molar-refractivity contribution in [1.82, 2.24) is 20.2 Å². The second-order valence-corrected chi connectivity index (χ2v) is 6.43. The molecule has 0 atom stereocenters. The maximum atomic E-state index is 5.59. The summed E-state index contributed by atoms with van der Waals surface area (Å²) in [6, 6.07) is 13.9. The van der Waals surface area contributed by atoms with Crippen LogP contribution in [-0.2, 0) is 17.9 Å². The van der Waals surface area contributed by atoms with E-state index in [0.29, 0.717) is 19.8 Å². The first-order valence-electron chi connectivity index (χ1n) is 9.37. The summed E-state index contributed by atoms with van der Waals surface area (Å²) in [4.78, 5) is 14.2. The fourth-order valence-electron chi connectivity index (χ4n) is 2.83. The zero-order chi connectivity index (χ0) is 19.6. The molecule has 7 nitrogen and oxygen atoms in total. The van der Waals surface area contributed by atoms with Crippen molar-refractivity contribution in [3.8, 4) is 11.3 Å². The summed E-state index contributed by atoms with van der Waals surface area (Å²) < 4.78 is 10.8. The standard InChI is InChI=1S/C21H27N5O2.HI/c1-22-21(23-11-7-12-27-16-18-10-6-13-28-18)26(2)15-20-24-14-19(25-20)17-8-4-3-5-9-17;/h3-6,8-10,13-14H,7,11-12,15-16H2,1-2H3,(H,22,23)(H,24,25);1H. The van der Waals surface area contributed by atoms with Crippen molar-refractivity contribution < 1.29 is 9.15 Å². The Hall–Kier alpha value is -2.33. The van der Waals surface area contributed by atoms with Crippen molar-refractivity contribution in [3.05, 3.63) is 66.5 Å². The van der Waals surface area contributed by atoms with Crippen LogP contribution in [0.2, 0.25) is 0 Å². The molecule has 29 heavy (non-hydrogen) atoms. The minimum atomic E-state index is 0. The minimum absolute atomic E-state index is 0. The summed E-state index contributed by atoms with van der Waals surface area (Å²) in [6.45, 7) is 2.58. The molecule has 0 bridgehead atoms. The number of halogens is 1. The van der Waals surface area contributed by atoms with Gasteiger partial charge in [-0.25, -0.2) is 4.98 Å². The van der Waals surface area contributed by atoms with E-state index < -0.39 is 0 Å². The Bertz CT molecular complexity index is 849. The van der Waals surface area contributed by atoms with Crippen LogP contribution >= 0.6 is 24.0 Å². The second-order valence-electron chi connectivity index (χ2n) is 6.43. The van der Waals surface area contributed by atoms with E-state index in [9.17, 15) is 0 Å². The molecule has 2 N–H and O–H groups in total. The van der Waals surface area contributed by atoms with Crippen LogP contribution in [0.1, 0.15) is 18.0 Å². The maximum Gasteiger partial charge on any atom is 0.193 e. The number of H-pyrrole nitrogens is 1. The van der Waals surface area contributed by atoms with E-state index in [1.807, 2.05) is 48.5 Å². The van der Waals surface area contributed by atoms with Crippen molar-refractivity contribution >= 4 is 29.9 Å². The van der Waals surface area contributed by atoms with Crippen molar-refractivity contribution in [2.75, 3.05) is 27.2 Å². The summed E-state index contributed by atoms with van der Waals surface area (Å²) >= 11 is 0. The van der Waals surface area contributed by atoms with Crippen LogP contribution in [0.3, 0.4) is 0 Å². The lowest BCUT2D eigenvalue weighted by Crippen LogP contribution is -2.39. The quantitative estimate of drug-likeness (QED) is 0.198. The van der Waals surface area contributed by atoms with Crippen molar-refractivity contribution in [2.45, 2.75) is 19.6 Å². The molecule has 2 heterocycles. The number of rotatable bonds is 9. The van der Waals surface area contributed by atoms with Gasteiger partial charge in [-0.2, -0.15) is 0 Å². The normalized spacial score (nSPS) is 11.2. The Morgan fingerprint density at radius 3 is 2.79 bits per heavy atom. The van der Waals surface area contributed by atoms with E-state index in [4.69, 9.17) is 9.15 Å². The predicted molar refractivity (Wildman–Crippen MR) is 125 cm³/mol. The first-order valence-corrected chi connectivity index (χ1v) is 9.37.